The van der Waals surface area contributed by atoms with Crippen LogP contribution in [-0.4, -0.2) is 37.8 Å². The highest BCUT2D eigenvalue weighted by atomic mass is 16.6. The molecule has 4 aromatic rings. The predicted octanol–water partition coefficient (Wildman–Crippen LogP) is 2.14. The third-order valence-electron chi connectivity index (χ3n) is 3.65. The van der Waals surface area contributed by atoms with Crippen LogP contribution in [0.4, 0.5) is 0 Å². The van der Waals surface area contributed by atoms with E-state index >= 15 is 0 Å². The van der Waals surface area contributed by atoms with Gasteiger partial charge in [-0.2, -0.15) is 4.98 Å². The Kier molecular flexibility index (Phi) is 4.02. The van der Waals surface area contributed by atoms with Crippen LogP contribution >= 0.6 is 0 Å². The number of methoxy groups -OCH3 is 1. The van der Waals surface area contributed by atoms with Crippen molar-refractivity contribution in [3.63, 3.8) is 0 Å². The van der Waals surface area contributed by atoms with Gasteiger partial charge in [-0.25, -0.2) is 4.79 Å². The van der Waals surface area contributed by atoms with Gasteiger partial charge in [-0.05, 0) is 24.3 Å². The number of carbonyl (C=O) groups is 1. The van der Waals surface area contributed by atoms with Gasteiger partial charge in [-0.15, -0.1) is 10.2 Å². The van der Waals surface area contributed by atoms with E-state index in [1.165, 1.54) is 6.33 Å². The summed E-state index contributed by atoms with van der Waals surface area (Å²) in [5.74, 6) is 0.758. The quantitative estimate of drug-likeness (QED) is 0.504. The van der Waals surface area contributed by atoms with Crippen LogP contribution in [0.25, 0.3) is 17.0 Å². The number of nitrogens with zero attached hydrogens (tertiary/aromatic N) is 5. The predicted molar refractivity (Wildman–Crippen MR) is 88.4 cm³/mol. The molecule has 0 unspecified atom stereocenters. The summed E-state index contributed by atoms with van der Waals surface area (Å²) in [4.78, 5) is 16.4. The van der Waals surface area contributed by atoms with E-state index in [0.717, 1.165) is 5.56 Å². The smallest absolute Gasteiger partial charge is 0.340 e. The third kappa shape index (κ3) is 3.09. The molecule has 0 atom stereocenters. The number of hydrogen-bond donors (Lipinski definition) is 0. The molecule has 26 heavy (non-hydrogen) atoms. The van der Waals surface area contributed by atoms with Gasteiger partial charge < -0.3 is 14.0 Å². The summed E-state index contributed by atoms with van der Waals surface area (Å²) in [7, 11) is 1.58. The molecule has 4 rings (SSSR count). The average Bonchev–Trinajstić information content (AvgIpc) is 3.34. The number of esters is 1. The van der Waals surface area contributed by atoms with Crippen molar-refractivity contribution in [1.82, 2.24) is 24.7 Å². The van der Waals surface area contributed by atoms with Crippen LogP contribution in [-0.2, 0) is 11.3 Å². The summed E-state index contributed by atoms with van der Waals surface area (Å²) in [5.41, 5.74) is 1.75. The van der Waals surface area contributed by atoms with E-state index in [1.807, 2.05) is 18.2 Å². The van der Waals surface area contributed by atoms with Crippen molar-refractivity contribution in [2.45, 2.75) is 6.61 Å². The first-order valence-corrected chi connectivity index (χ1v) is 7.66. The van der Waals surface area contributed by atoms with Crippen LogP contribution < -0.4 is 4.74 Å². The van der Waals surface area contributed by atoms with Crippen LogP contribution in [0.2, 0.25) is 0 Å². The fourth-order valence-corrected chi connectivity index (χ4v) is 2.35. The van der Waals surface area contributed by atoms with Gasteiger partial charge in [0.1, 0.15) is 12.1 Å². The molecule has 0 aliphatic rings. The lowest BCUT2D eigenvalue weighted by Crippen LogP contribution is -2.06. The van der Waals surface area contributed by atoms with E-state index in [-0.39, 0.29) is 12.5 Å². The van der Waals surface area contributed by atoms with Crippen LogP contribution in [0.1, 0.15) is 16.2 Å². The Balaban J connectivity index is 1.44. The number of benzene rings is 1. The second kappa shape index (κ2) is 6.63. The van der Waals surface area contributed by atoms with Gasteiger partial charge >= 0.3 is 5.97 Å². The first-order valence-electron chi connectivity index (χ1n) is 7.66. The van der Waals surface area contributed by atoms with Crippen molar-refractivity contribution in [2.75, 3.05) is 7.11 Å². The van der Waals surface area contributed by atoms with Gasteiger partial charge in [-0.3, -0.25) is 4.40 Å². The van der Waals surface area contributed by atoms with Gasteiger partial charge in [0, 0.05) is 11.8 Å². The molecule has 1 aromatic carbocycles. The first-order chi connectivity index (χ1) is 12.7. The van der Waals surface area contributed by atoms with E-state index < -0.39 is 5.97 Å². The SMILES string of the molecule is COc1cccc(-c2noc(COC(=O)c3ccc4nncn4c3)n2)c1. The van der Waals surface area contributed by atoms with E-state index in [4.69, 9.17) is 14.0 Å². The van der Waals surface area contributed by atoms with E-state index in [9.17, 15) is 4.79 Å². The number of hydrogen-bond acceptors (Lipinski definition) is 8. The Bertz CT molecular complexity index is 1070. The summed E-state index contributed by atoms with van der Waals surface area (Å²) in [6.45, 7) is -0.129. The van der Waals surface area contributed by atoms with Crippen molar-refractivity contribution in [1.29, 1.82) is 0 Å². The molecule has 0 amide bonds. The molecule has 0 fully saturated rings. The highest BCUT2D eigenvalue weighted by molar-refractivity contribution is 5.89. The Morgan fingerprint density at radius 2 is 2.19 bits per heavy atom. The molecule has 0 bridgehead atoms. The van der Waals surface area contributed by atoms with E-state index in [1.54, 1.807) is 35.9 Å². The number of pyridine rings is 1. The van der Waals surface area contributed by atoms with E-state index in [2.05, 4.69) is 20.3 Å². The fraction of sp³-hybridized carbons (Fsp3) is 0.118. The van der Waals surface area contributed by atoms with Crippen molar-refractivity contribution < 1.29 is 18.8 Å². The topological polar surface area (TPSA) is 105 Å². The van der Waals surface area contributed by atoms with Crippen molar-refractivity contribution in [2.24, 2.45) is 0 Å². The minimum atomic E-state index is -0.512. The Labute approximate surface area is 147 Å². The second-order valence-electron chi connectivity index (χ2n) is 5.33. The normalized spacial score (nSPS) is 10.8. The lowest BCUT2D eigenvalue weighted by atomic mass is 10.2. The number of rotatable bonds is 5. The van der Waals surface area contributed by atoms with Crippen LogP contribution in [0.3, 0.4) is 0 Å². The maximum Gasteiger partial charge on any atom is 0.340 e. The zero-order valence-corrected chi connectivity index (χ0v) is 13.7. The number of aromatic nitrogens is 5. The Hall–Kier alpha value is -3.75. The standard InChI is InChI=1S/C17H13N5O4/c1-24-13-4-2-3-11(7-13)16-19-15(26-21-16)9-25-17(23)12-5-6-14-20-18-10-22(14)8-12/h2-8,10H,9H2,1H3. The molecule has 0 saturated carbocycles. The molecule has 130 valence electrons. The minimum absolute atomic E-state index is 0.129. The Morgan fingerprint density at radius 3 is 3.08 bits per heavy atom. The lowest BCUT2D eigenvalue weighted by Gasteiger charge is -2.02. The minimum Gasteiger partial charge on any atom is -0.497 e. The average molecular weight is 351 g/mol. The zero-order valence-electron chi connectivity index (χ0n) is 13.7. The van der Waals surface area contributed by atoms with Gasteiger partial charge in [0.05, 0.1) is 12.7 Å². The molecule has 3 aromatic heterocycles. The summed E-state index contributed by atoms with van der Waals surface area (Å²) in [5, 5.41) is 11.5. The van der Waals surface area contributed by atoms with Crippen LogP contribution in [0.15, 0.2) is 53.4 Å². The number of carbonyl (C=O) groups excluding carboxylic acids is 1. The summed E-state index contributed by atoms with van der Waals surface area (Å²) < 4.78 is 17.2. The molecular formula is C17H13N5O4. The number of fused-ring (bicyclic) bond motifs is 1. The third-order valence-corrected chi connectivity index (χ3v) is 3.65. The molecule has 0 aliphatic heterocycles. The number of ether oxygens (including phenoxy) is 2. The summed E-state index contributed by atoms with van der Waals surface area (Å²) in [6.07, 6.45) is 3.09. The summed E-state index contributed by atoms with van der Waals surface area (Å²) in [6, 6.07) is 10.6. The Morgan fingerprint density at radius 1 is 1.27 bits per heavy atom. The second-order valence-corrected chi connectivity index (χ2v) is 5.33. The molecule has 9 nitrogen and oxygen atoms in total. The highest BCUT2D eigenvalue weighted by Crippen LogP contribution is 2.21. The van der Waals surface area contributed by atoms with Crippen molar-refractivity contribution in [3.05, 3.63) is 60.4 Å². The molecule has 0 saturated heterocycles. The van der Waals surface area contributed by atoms with Crippen LogP contribution in [0.5, 0.6) is 5.75 Å². The molecule has 0 aliphatic carbocycles. The maximum atomic E-state index is 12.2. The van der Waals surface area contributed by atoms with Crippen molar-refractivity contribution >= 4 is 11.6 Å². The zero-order chi connectivity index (χ0) is 17.9. The monoisotopic (exact) mass is 351 g/mol. The summed E-state index contributed by atoms with van der Waals surface area (Å²) >= 11 is 0. The molecule has 0 N–H and O–H groups in total. The molecule has 0 spiro atoms. The van der Waals surface area contributed by atoms with Gasteiger partial charge in [0.15, 0.2) is 12.3 Å². The van der Waals surface area contributed by atoms with Crippen LogP contribution in [0, 0.1) is 0 Å². The highest BCUT2D eigenvalue weighted by Gasteiger charge is 2.13. The fourth-order valence-electron chi connectivity index (χ4n) is 2.35. The lowest BCUT2D eigenvalue weighted by molar-refractivity contribution is 0.0429. The first kappa shape index (κ1) is 15.8. The maximum absolute atomic E-state index is 12.2. The van der Waals surface area contributed by atoms with Gasteiger partial charge in [-0.1, -0.05) is 17.3 Å². The largest absolute Gasteiger partial charge is 0.497 e. The molecule has 9 heteroatoms. The van der Waals surface area contributed by atoms with Gasteiger partial charge in [0.2, 0.25) is 5.82 Å². The molecular weight excluding hydrogens is 338 g/mol. The molecule has 3 heterocycles. The van der Waals surface area contributed by atoms with E-state index in [0.29, 0.717) is 22.8 Å². The molecule has 0 radical (unpaired) electrons. The van der Waals surface area contributed by atoms with Crippen molar-refractivity contribution in [3.8, 4) is 17.1 Å². The van der Waals surface area contributed by atoms with Gasteiger partial charge in [0.25, 0.3) is 5.89 Å².